The van der Waals surface area contributed by atoms with Gasteiger partial charge in [-0.1, -0.05) is 20.8 Å². The van der Waals surface area contributed by atoms with Gasteiger partial charge in [-0.25, -0.2) is 19.4 Å². The first kappa shape index (κ1) is 19.1. The normalized spacial score (nSPS) is 11.6. The molecule has 2 N–H and O–H groups in total. The fourth-order valence-corrected chi connectivity index (χ4v) is 4.08. The molecule has 0 saturated carbocycles. The number of carboxylic acids is 1. The van der Waals surface area contributed by atoms with Gasteiger partial charge in [0.15, 0.2) is 10.7 Å². The summed E-state index contributed by atoms with van der Waals surface area (Å²) < 4.78 is 5.49. The summed E-state index contributed by atoms with van der Waals surface area (Å²) in [6.45, 7) is 6.11. The van der Waals surface area contributed by atoms with Gasteiger partial charge in [-0.15, -0.1) is 22.7 Å². The van der Waals surface area contributed by atoms with Crippen molar-refractivity contribution in [1.82, 2.24) is 4.98 Å². The third-order valence-corrected chi connectivity index (χ3v) is 5.66. The molecule has 0 saturated heterocycles. The fraction of sp³-hybridized carbons (Fsp3) is 0.294. The summed E-state index contributed by atoms with van der Waals surface area (Å²) in [6.07, 6.45) is 0. The highest BCUT2D eigenvalue weighted by atomic mass is 32.1. The van der Waals surface area contributed by atoms with Gasteiger partial charge in [-0.05, 0) is 6.07 Å². The molecule has 0 unspecified atom stereocenters. The fourth-order valence-electron chi connectivity index (χ4n) is 2.17. The van der Waals surface area contributed by atoms with Crippen LogP contribution in [-0.4, -0.2) is 29.1 Å². The maximum absolute atomic E-state index is 12.5. The molecule has 0 radical (unpaired) electrons. The molecule has 2 amide bonds. The number of aromatic carboxylic acids is 1. The smallest absolute Gasteiger partial charge is 0.351 e. The molecule has 8 nitrogen and oxygen atoms in total. The number of hydrogen-bond acceptors (Lipinski definition) is 7. The number of anilines is 2. The Balaban J connectivity index is 1.83. The number of hydrogen-bond donors (Lipinski definition) is 2. The Kier molecular flexibility index (Phi) is 4.79. The highest BCUT2D eigenvalue weighted by Gasteiger charge is 2.21. The van der Waals surface area contributed by atoms with Crippen molar-refractivity contribution < 1.29 is 19.1 Å². The standard InChI is InChI=1S/C17H17N3O5S2/c1-17(2,3)11-7-26-15(18-11)19-16(24)20(4)12-6-9-10(27-12)5-8(13(21)22)14(23)25-9/h5-7H,1-4H3,(H,21,22)(H,18,19,24). The molecule has 0 aliphatic rings. The van der Waals surface area contributed by atoms with E-state index in [-0.39, 0.29) is 11.0 Å². The predicted octanol–water partition coefficient (Wildman–Crippen LogP) is 3.98. The van der Waals surface area contributed by atoms with Gasteiger partial charge < -0.3 is 9.52 Å². The van der Waals surface area contributed by atoms with Crippen LogP contribution in [0.2, 0.25) is 0 Å². The minimum atomic E-state index is -1.36. The number of carbonyl (C=O) groups excluding carboxylic acids is 1. The number of urea groups is 1. The van der Waals surface area contributed by atoms with Crippen LogP contribution in [-0.2, 0) is 5.41 Å². The summed E-state index contributed by atoms with van der Waals surface area (Å²) in [7, 11) is 1.56. The number of nitrogens with zero attached hydrogens (tertiary/aromatic N) is 2. The number of carbonyl (C=O) groups is 2. The van der Waals surface area contributed by atoms with E-state index in [4.69, 9.17) is 9.52 Å². The van der Waals surface area contributed by atoms with E-state index in [1.807, 2.05) is 26.2 Å². The molecule has 3 aromatic heterocycles. The second-order valence-electron chi connectivity index (χ2n) is 6.84. The molecule has 10 heteroatoms. The van der Waals surface area contributed by atoms with E-state index in [1.54, 1.807) is 7.05 Å². The highest BCUT2D eigenvalue weighted by Crippen LogP contribution is 2.32. The van der Waals surface area contributed by atoms with Crippen LogP contribution >= 0.6 is 22.7 Å². The van der Waals surface area contributed by atoms with Gasteiger partial charge in [0.05, 0.1) is 10.4 Å². The van der Waals surface area contributed by atoms with E-state index >= 15 is 0 Å². The highest BCUT2D eigenvalue weighted by molar-refractivity contribution is 7.22. The first-order valence-corrected chi connectivity index (χ1v) is 9.57. The molecule has 0 atom stereocenters. The number of thiophene rings is 1. The zero-order valence-corrected chi connectivity index (χ0v) is 16.7. The lowest BCUT2D eigenvalue weighted by Crippen LogP contribution is -2.30. The zero-order chi connectivity index (χ0) is 19.9. The van der Waals surface area contributed by atoms with Gasteiger partial charge in [0.1, 0.15) is 10.6 Å². The van der Waals surface area contributed by atoms with Gasteiger partial charge in [0.25, 0.3) is 0 Å². The second-order valence-corrected chi connectivity index (χ2v) is 8.76. The van der Waals surface area contributed by atoms with Crippen molar-refractivity contribution >= 4 is 55.1 Å². The number of fused-ring (bicyclic) bond motifs is 1. The third-order valence-electron chi connectivity index (χ3n) is 3.76. The van der Waals surface area contributed by atoms with E-state index in [0.29, 0.717) is 14.8 Å². The number of aromatic nitrogens is 1. The van der Waals surface area contributed by atoms with Crippen LogP contribution in [0.5, 0.6) is 0 Å². The van der Waals surface area contributed by atoms with Crippen molar-refractivity contribution in [2.24, 2.45) is 0 Å². The van der Waals surface area contributed by atoms with Crippen LogP contribution in [0, 0.1) is 0 Å². The van der Waals surface area contributed by atoms with E-state index in [1.165, 1.54) is 28.4 Å². The number of nitrogens with one attached hydrogen (secondary N) is 1. The number of thiazole rings is 1. The van der Waals surface area contributed by atoms with Crippen LogP contribution in [0.3, 0.4) is 0 Å². The topological polar surface area (TPSA) is 113 Å². The summed E-state index contributed by atoms with van der Waals surface area (Å²) in [6, 6.07) is 2.37. The lowest BCUT2D eigenvalue weighted by Gasteiger charge is -2.15. The Bertz CT molecular complexity index is 1090. The molecular weight excluding hydrogens is 390 g/mol. The second kappa shape index (κ2) is 6.78. The van der Waals surface area contributed by atoms with Crippen LogP contribution in [0.4, 0.5) is 14.9 Å². The number of amides is 2. The van der Waals surface area contributed by atoms with Crippen LogP contribution in [0.1, 0.15) is 36.8 Å². The van der Waals surface area contributed by atoms with Gasteiger partial charge >= 0.3 is 17.6 Å². The average molecular weight is 407 g/mol. The molecule has 0 spiro atoms. The summed E-state index contributed by atoms with van der Waals surface area (Å²) in [5.41, 5.74) is -0.371. The van der Waals surface area contributed by atoms with Crippen molar-refractivity contribution in [2.45, 2.75) is 26.2 Å². The Morgan fingerprint density at radius 1 is 1.30 bits per heavy atom. The lowest BCUT2D eigenvalue weighted by molar-refractivity contribution is 0.0692. The molecule has 0 aliphatic heterocycles. The third kappa shape index (κ3) is 3.86. The van der Waals surface area contributed by atoms with E-state index in [9.17, 15) is 14.4 Å². The Hall–Kier alpha value is -2.72. The maximum atomic E-state index is 12.5. The molecule has 3 rings (SSSR count). The average Bonchev–Trinajstić information content (AvgIpc) is 3.19. The number of carboxylic acid groups (broad SMARTS) is 1. The molecule has 0 aromatic carbocycles. The Morgan fingerprint density at radius 3 is 2.59 bits per heavy atom. The molecule has 0 fully saturated rings. The Morgan fingerprint density at radius 2 is 2.00 bits per heavy atom. The van der Waals surface area contributed by atoms with Gasteiger partial charge in [-0.2, -0.15) is 0 Å². The summed E-state index contributed by atoms with van der Waals surface area (Å²) in [4.78, 5) is 41.0. The van der Waals surface area contributed by atoms with Crippen molar-refractivity contribution in [2.75, 3.05) is 17.3 Å². The lowest BCUT2D eigenvalue weighted by atomic mass is 9.93. The van der Waals surface area contributed by atoms with Crippen molar-refractivity contribution in [3.8, 4) is 0 Å². The minimum Gasteiger partial charge on any atom is -0.477 e. The van der Waals surface area contributed by atoms with Crippen molar-refractivity contribution in [3.63, 3.8) is 0 Å². The van der Waals surface area contributed by atoms with Crippen molar-refractivity contribution in [3.05, 3.63) is 39.2 Å². The largest absolute Gasteiger partial charge is 0.477 e. The molecule has 0 bridgehead atoms. The predicted molar refractivity (Wildman–Crippen MR) is 106 cm³/mol. The molecule has 27 heavy (non-hydrogen) atoms. The van der Waals surface area contributed by atoms with Crippen LogP contribution < -0.4 is 15.8 Å². The SMILES string of the molecule is CN(C(=O)Nc1nc(C(C)(C)C)cs1)c1cc2oc(=O)c(C(=O)O)cc2s1. The van der Waals surface area contributed by atoms with Gasteiger partial charge in [0.2, 0.25) is 0 Å². The van der Waals surface area contributed by atoms with Crippen LogP contribution in [0.15, 0.2) is 26.7 Å². The molecule has 3 aromatic rings. The zero-order valence-electron chi connectivity index (χ0n) is 15.0. The van der Waals surface area contributed by atoms with Crippen LogP contribution in [0.25, 0.3) is 10.3 Å². The monoisotopic (exact) mass is 407 g/mol. The number of rotatable bonds is 3. The van der Waals surface area contributed by atoms with E-state index in [2.05, 4.69) is 10.3 Å². The molecule has 0 aliphatic carbocycles. The quantitative estimate of drug-likeness (QED) is 0.679. The van der Waals surface area contributed by atoms with E-state index < -0.39 is 23.2 Å². The first-order chi connectivity index (χ1) is 12.6. The Labute approximate surface area is 162 Å². The summed E-state index contributed by atoms with van der Waals surface area (Å²) in [5, 5.41) is 14.6. The van der Waals surface area contributed by atoms with E-state index in [0.717, 1.165) is 17.0 Å². The molecule has 142 valence electrons. The van der Waals surface area contributed by atoms with Crippen molar-refractivity contribution in [1.29, 1.82) is 0 Å². The summed E-state index contributed by atoms with van der Waals surface area (Å²) in [5.74, 6) is -1.36. The maximum Gasteiger partial charge on any atom is 0.351 e. The molecule has 3 heterocycles. The molecular formula is C17H17N3O5S2. The minimum absolute atomic E-state index is 0.115. The van der Waals surface area contributed by atoms with Gasteiger partial charge in [0, 0.05) is 23.9 Å². The first-order valence-electron chi connectivity index (χ1n) is 7.88. The summed E-state index contributed by atoms with van der Waals surface area (Å²) >= 11 is 2.48. The van der Waals surface area contributed by atoms with Gasteiger partial charge in [-0.3, -0.25) is 10.2 Å².